The molecule has 1 saturated carbocycles. The number of piperidine rings is 1. The van der Waals surface area contributed by atoms with Gasteiger partial charge in [0.15, 0.2) is 0 Å². The van der Waals surface area contributed by atoms with Gasteiger partial charge in [0.05, 0.1) is 0 Å². The van der Waals surface area contributed by atoms with Gasteiger partial charge in [-0.25, -0.2) is 8.42 Å². The minimum Gasteiger partial charge on any atom is -0.356 e. The standard InChI is InChI=1S/C19H30N2O3S2/c22-18(15-16-7-2-1-3-8-16)20-12-11-17-9-4-5-13-21(17)26(23,24)19-10-6-14-25-19/h6,10,14,16-17H,1-5,7-9,11-13,15H2,(H,20,22). The molecule has 7 heteroatoms. The molecule has 1 aromatic rings. The van der Waals surface area contributed by atoms with Gasteiger partial charge >= 0.3 is 0 Å². The highest BCUT2D eigenvalue weighted by atomic mass is 32.2. The molecule has 1 unspecified atom stereocenters. The second-order valence-electron chi connectivity index (χ2n) is 7.54. The third kappa shape index (κ3) is 5.08. The number of nitrogens with one attached hydrogen (secondary N) is 1. The molecule has 2 aliphatic rings. The molecule has 0 radical (unpaired) electrons. The van der Waals surface area contributed by atoms with E-state index in [2.05, 4.69) is 5.32 Å². The molecule has 3 rings (SSSR count). The molecule has 1 N–H and O–H groups in total. The van der Waals surface area contributed by atoms with Gasteiger partial charge in [0.1, 0.15) is 4.21 Å². The van der Waals surface area contributed by atoms with Crippen LogP contribution in [0.15, 0.2) is 21.7 Å². The van der Waals surface area contributed by atoms with Crippen molar-refractivity contribution in [3.8, 4) is 0 Å². The van der Waals surface area contributed by atoms with E-state index in [1.807, 2.05) is 0 Å². The number of rotatable bonds is 7. The lowest BCUT2D eigenvalue weighted by Gasteiger charge is -2.34. The molecule has 0 aromatic carbocycles. The summed E-state index contributed by atoms with van der Waals surface area (Å²) in [5.41, 5.74) is 0. The van der Waals surface area contributed by atoms with E-state index in [1.165, 1.54) is 43.4 Å². The highest BCUT2D eigenvalue weighted by molar-refractivity contribution is 7.91. The van der Waals surface area contributed by atoms with E-state index in [0.717, 1.165) is 19.3 Å². The van der Waals surface area contributed by atoms with E-state index in [-0.39, 0.29) is 11.9 Å². The van der Waals surface area contributed by atoms with E-state index >= 15 is 0 Å². The summed E-state index contributed by atoms with van der Waals surface area (Å²) in [7, 11) is -3.40. The molecule has 2 heterocycles. The number of sulfonamides is 1. The van der Waals surface area contributed by atoms with Crippen LogP contribution in [0, 0.1) is 5.92 Å². The van der Waals surface area contributed by atoms with Gasteiger partial charge in [-0.3, -0.25) is 4.79 Å². The van der Waals surface area contributed by atoms with Crippen molar-refractivity contribution in [2.45, 2.75) is 74.5 Å². The Morgan fingerprint density at radius 2 is 1.92 bits per heavy atom. The monoisotopic (exact) mass is 398 g/mol. The van der Waals surface area contributed by atoms with Crippen LogP contribution in [-0.4, -0.2) is 37.8 Å². The van der Waals surface area contributed by atoms with Crippen molar-refractivity contribution >= 4 is 27.3 Å². The first-order valence-electron chi connectivity index (χ1n) is 9.89. The molecule has 1 atom stereocenters. The zero-order valence-corrected chi connectivity index (χ0v) is 17.0. The van der Waals surface area contributed by atoms with Crippen LogP contribution in [0.3, 0.4) is 0 Å². The van der Waals surface area contributed by atoms with E-state index in [9.17, 15) is 13.2 Å². The van der Waals surface area contributed by atoms with Crippen molar-refractivity contribution in [3.05, 3.63) is 17.5 Å². The van der Waals surface area contributed by atoms with Crippen LogP contribution in [-0.2, 0) is 14.8 Å². The smallest absolute Gasteiger partial charge is 0.252 e. The van der Waals surface area contributed by atoms with Crippen LogP contribution in [0.1, 0.15) is 64.2 Å². The number of hydrogen-bond acceptors (Lipinski definition) is 4. The zero-order valence-electron chi connectivity index (χ0n) is 15.4. The number of thiophene rings is 1. The van der Waals surface area contributed by atoms with Crippen molar-refractivity contribution in [2.24, 2.45) is 5.92 Å². The number of amides is 1. The van der Waals surface area contributed by atoms with Crippen LogP contribution in [0.5, 0.6) is 0 Å². The second-order valence-corrected chi connectivity index (χ2v) is 10.6. The molecule has 146 valence electrons. The van der Waals surface area contributed by atoms with Crippen LogP contribution < -0.4 is 5.32 Å². The molecule has 1 aromatic heterocycles. The summed E-state index contributed by atoms with van der Waals surface area (Å²) in [5.74, 6) is 0.662. The summed E-state index contributed by atoms with van der Waals surface area (Å²) < 4.78 is 27.8. The summed E-state index contributed by atoms with van der Waals surface area (Å²) in [6.07, 6.45) is 10.3. The Hall–Kier alpha value is -0.920. The van der Waals surface area contributed by atoms with Gasteiger partial charge in [0.2, 0.25) is 5.91 Å². The summed E-state index contributed by atoms with van der Waals surface area (Å²) in [5, 5.41) is 4.83. The van der Waals surface area contributed by atoms with Gasteiger partial charge in [-0.05, 0) is 49.5 Å². The fourth-order valence-corrected chi connectivity index (χ4v) is 7.05. The fraction of sp³-hybridized carbons (Fsp3) is 0.737. The third-order valence-electron chi connectivity index (χ3n) is 5.63. The molecular formula is C19H30N2O3S2. The number of carbonyl (C=O) groups excluding carboxylic acids is 1. The predicted octanol–water partition coefficient (Wildman–Crippen LogP) is 3.77. The van der Waals surface area contributed by atoms with Crippen molar-refractivity contribution < 1.29 is 13.2 Å². The largest absolute Gasteiger partial charge is 0.356 e. The minimum absolute atomic E-state index is 0.00849. The summed E-state index contributed by atoms with van der Waals surface area (Å²) in [6.45, 7) is 1.15. The summed E-state index contributed by atoms with van der Waals surface area (Å²) >= 11 is 1.27. The van der Waals surface area contributed by atoms with Crippen molar-refractivity contribution in [2.75, 3.05) is 13.1 Å². The Balaban J connectivity index is 1.50. The maximum atomic E-state index is 12.9. The van der Waals surface area contributed by atoms with Crippen LogP contribution in [0.25, 0.3) is 0 Å². The van der Waals surface area contributed by atoms with Crippen molar-refractivity contribution in [3.63, 3.8) is 0 Å². The normalized spacial score (nSPS) is 23.0. The van der Waals surface area contributed by atoms with Crippen molar-refractivity contribution in [1.82, 2.24) is 9.62 Å². The Bertz CT molecular complexity index is 667. The molecule has 26 heavy (non-hydrogen) atoms. The van der Waals surface area contributed by atoms with Gasteiger partial charge in [-0.15, -0.1) is 11.3 Å². The van der Waals surface area contributed by atoms with Crippen LogP contribution in [0.2, 0.25) is 0 Å². The number of hydrogen-bond donors (Lipinski definition) is 1. The highest BCUT2D eigenvalue weighted by Gasteiger charge is 2.33. The third-order valence-corrected chi connectivity index (χ3v) is 8.95. The molecule has 1 aliphatic carbocycles. The molecule has 0 spiro atoms. The van der Waals surface area contributed by atoms with Crippen LogP contribution in [0.4, 0.5) is 0 Å². The van der Waals surface area contributed by atoms with Gasteiger partial charge < -0.3 is 5.32 Å². The number of nitrogens with zero attached hydrogens (tertiary/aromatic N) is 1. The Labute approximate surface area is 161 Å². The molecule has 0 bridgehead atoms. The molecule has 2 fully saturated rings. The molecule has 1 saturated heterocycles. The first-order chi connectivity index (χ1) is 12.6. The highest BCUT2D eigenvalue weighted by Crippen LogP contribution is 2.29. The SMILES string of the molecule is O=C(CC1CCCCC1)NCCC1CCCCN1S(=O)(=O)c1cccs1. The van der Waals surface area contributed by atoms with Crippen molar-refractivity contribution in [1.29, 1.82) is 0 Å². The lowest BCUT2D eigenvalue weighted by molar-refractivity contribution is -0.122. The van der Waals surface area contributed by atoms with Gasteiger partial charge in [0, 0.05) is 25.6 Å². The quantitative estimate of drug-likeness (QED) is 0.760. The number of carbonyl (C=O) groups is 1. The van der Waals surface area contributed by atoms with E-state index in [1.54, 1.807) is 21.8 Å². The Kier molecular flexibility index (Phi) is 7.12. The van der Waals surface area contributed by atoms with Crippen LogP contribution >= 0.6 is 11.3 Å². The molecule has 1 aliphatic heterocycles. The average Bonchev–Trinajstić information content (AvgIpc) is 3.18. The lowest BCUT2D eigenvalue weighted by atomic mass is 9.87. The topological polar surface area (TPSA) is 66.5 Å². The Morgan fingerprint density at radius 3 is 2.65 bits per heavy atom. The molecule has 1 amide bonds. The van der Waals surface area contributed by atoms with E-state index in [0.29, 0.717) is 36.1 Å². The molecule has 5 nitrogen and oxygen atoms in total. The first kappa shape index (κ1) is 19.8. The zero-order chi connectivity index (χ0) is 18.4. The lowest BCUT2D eigenvalue weighted by Crippen LogP contribution is -2.45. The summed E-state index contributed by atoms with van der Waals surface area (Å²) in [6, 6.07) is 3.45. The van der Waals surface area contributed by atoms with E-state index < -0.39 is 10.0 Å². The fourth-order valence-electron chi connectivity index (χ4n) is 4.21. The van der Waals surface area contributed by atoms with Gasteiger partial charge in [-0.1, -0.05) is 31.7 Å². The maximum absolute atomic E-state index is 12.9. The second kappa shape index (κ2) is 9.33. The first-order valence-corrected chi connectivity index (χ1v) is 12.2. The van der Waals surface area contributed by atoms with E-state index in [4.69, 9.17) is 0 Å². The summed E-state index contributed by atoms with van der Waals surface area (Å²) in [4.78, 5) is 12.2. The minimum atomic E-state index is -3.40. The average molecular weight is 399 g/mol. The Morgan fingerprint density at radius 1 is 1.15 bits per heavy atom. The van der Waals surface area contributed by atoms with Gasteiger partial charge in [-0.2, -0.15) is 4.31 Å². The predicted molar refractivity (Wildman–Crippen MR) is 105 cm³/mol. The molecular weight excluding hydrogens is 368 g/mol. The maximum Gasteiger partial charge on any atom is 0.252 e. The van der Waals surface area contributed by atoms with Gasteiger partial charge in [0.25, 0.3) is 10.0 Å².